The Kier molecular flexibility index (Phi) is 2.19. The fourth-order valence-corrected chi connectivity index (χ4v) is 1.70. The molecule has 3 heteroatoms. The van der Waals surface area contributed by atoms with E-state index in [1.807, 2.05) is 0 Å². The van der Waals surface area contributed by atoms with Gasteiger partial charge in [-0.05, 0) is 25.0 Å². The Morgan fingerprint density at radius 1 is 1.46 bits per heavy atom. The SMILES string of the molecule is Nc1cccc(F)c1[C@@H]1CCCO1. The van der Waals surface area contributed by atoms with Crippen molar-refractivity contribution >= 4 is 5.69 Å². The van der Waals surface area contributed by atoms with Gasteiger partial charge in [-0.3, -0.25) is 0 Å². The van der Waals surface area contributed by atoms with E-state index in [0.717, 1.165) is 12.8 Å². The van der Waals surface area contributed by atoms with E-state index in [-0.39, 0.29) is 11.9 Å². The molecule has 13 heavy (non-hydrogen) atoms. The second kappa shape index (κ2) is 3.34. The van der Waals surface area contributed by atoms with Crippen molar-refractivity contribution in [3.05, 3.63) is 29.6 Å². The van der Waals surface area contributed by atoms with Crippen LogP contribution in [0.1, 0.15) is 24.5 Å². The van der Waals surface area contributed by atoms with Crippen molar-refractivity contribution in [3.63, 3.8) is 0 Å². The number of rotatable bonds is 1. The van der Waals surface area contributed by atoms with E-state index < -0.39 is 0 Å². The van der Waals surface area contributed by atoms with E-state index in [0.29, 0.717) is 17.9 Å². The number of nitrogens with two attached hydrogens (primary N) is 1. The molecule has 0 amide bonds. The van der Waals surface area contributed by atoms with E-state index in [2.05, 4.69) is 0 Å². The van der Waals surface area contributed by atoms with Gasteiger partial charge in [0.25, 0.3) is 0 Å². The van der Waals surface area contributed by atoms with Crippen molar-refractivity contribution in [2.75, 3.05) is 12.3 Å². The van der Waals surface area contributed by atoms with Crippen LogP contribution >= 0.6 is 0 Å². The molecular weight excluding hydrogens is 169 g/mol. The first-order valence-electron chi connectivity index (χ1n) is 4.44. The van der Waals surface area contributed by atoms with Crippen LogP contribution < -0.4 is 5.73 Å². The van der Waals surface area contributed by atoms with Crippen LogP contribution in [0, 0.1) is 5.82 Å². The quantitative estimate of drug-likeness (QED) is 0.674. The summed E-state index contributed by atoms with van der Waals surface area (Å²) in [6.07, 6.45) is 1.71. The minimum atomic E-state index is -0.257. The molecule has 2 rings (SSSR count). The summed E-state index contributed by atoms with van der Waals surface area (Å²) in [7, 11) is 0. The average Bonchev–Trinajstić information content (AvgIpc) is 2.57. The van der Waals surface area contributed by atoms with E-state index in [1.165, 1.54) is 6.07 Å². The molecule has 2 N–H and O–H groups in total. The van der Waals surface area contributed by atoms with Gasteiger partial charge in [0, 0.05) is 17.9 Å². The molecule has 1 heterocycles. The molecule has 1 aliphatic rings. The molecule has 1 aliphatic heterocycles. The minimum Gasteiger partial charge on any atom is -0.398 e. The van der Waals surface area contributed by atoms with Crippen LogP contribution in [0.4, 0.5) is 10.1 Å². The third kappa shape index (κ3) is 1.52. The van der Waals surface area contributed by atoms with Gasteiger partial charge in [-0.1, -0.05) is 6.07 Å². The molecule has 1 atom stereocenters. The van der Waals surface area contributed by atoms with Crippen LogP contribution in [-0.2, 0) is 4.74 Å². The Labute approximate surface area is 76.5 Å². The van der Waals surface area contributed by atoms with Crippen molar-refractivity contribution in [1.29, 1.82) is 0 Å². The molecule has 70 valence electrons. The molecule has 1 aromatic carbocycles. The standard InChI is InChI=1S/C10H12FNO/c11-7-3-1-4-8(12)10(7)9-5-2-6-13-9/h1,3-4,9H,2,5-6,12H2/t9-/m0/s1. The van der Waals surface area contributed by atoms with E-state index in [1.54, 1.807) is 12.1 Å². The van der Waals surface area contributed by atoms with Gasteiger partial charge in [0.05, 0.1) is 6.10 Å². The summed E-state index contributed by atoms with van der Waals surface area (Å²) >= 11 is 0. The van der Waals surface area contributed by atoms with Crippen LogP contribution in [0.5, 0.6) is 0 Å². The van der Waals surface area contributed by atoms with Crippen molar-refractivity contribution in [2.45, 2.75) is 18.9 Å². The van der Waals surface area contributed by atoms with E-state index in [4.69, 9.17) is 10.5 Å². The number of nitrogen functional groups attached to an aromatic ring is 1. The predicted molar refractivity (Wildman–Crippen MR) is 48.7 cm³/mol. The zero-order valence-electron chi connectivity index (χ0n) is 7.29. The lowest BCUT2D eigenvalue weighted by atomic mass is 10.0. The van der Waals surface area contributed by atoms with Gasteiger partial charge in [0.2, 0.25) is 0 Å². The summed E-state index contributed by atoms with van der Waals surface area (Å²) in [5, 5.41) is 0. The summed E-state index contributed by atoms with van der Waals surface area (Å²) in [6.45, 7) is 0.707. The fraction of sp³-hybridized carbons (Fsp3) is 0.400. The third-order valence-electron chi connectivity index (χ3n) is 2.34. The molecule has 2 nitrogen and oxygen atoms in total. The first-order chi connectivity index (χ1) is 6.29. The zero-order valence-corrected chi connectivity index (χ0v) is 7.29. The lowest BCUT2D eigenvalue weighted by Gasteiger charge is -2.12. The maximum absolute atomic E-state index is 13.3. The van der Waals surface area contributed by atoms with Gasteiger partial charge in [-0.2, -0.15) is 0 Å². The Morgan fingerprint density at radius 3 is 2.92 bits per heavy atom. The summed E-state index contributed by atoms with van der Waals surface area (Å²) < 4.78 is 18.7. The normalized spacial score (nSPS) is 22.1. The van der Waals surface area contributed by atoms with E-state index in [9.17, 15) is 4.39 Å². The van der Waals surface area contributed by atoms with Gasteiger partial charge in [-0.25, -0.2) is 4.39 Å². The number of hydrogen-bond donors (Lipinski definition) is 1. The van der Waals surface area contributed by atoms with Gasteiger partial charge < -0.3 is 10.5 Å². The third-order valence-corrected chi connectivity index (χ3v) is 2.34. The second-order valence-corrected chi connectivity index (χ2v) is 3.24. The lowest BCUT2D eigenvalue weighted by Crippen LogP contribution is -2.04. The fourth-order valence-electron chi connectivity index (χ4n) is 1.70. The molecule has 0 aliphatic carbocycles. The van der Waals surface area contributed by atoms with E-state index >= 15 is 0 Å². The van der Waals surface area contributed by atoms with Gasteiger partial charge in [0.15, 0.2) is 0 Å². The highest BCUT2D eigenvalue weighted by molar-refractivity contribution is 5.48. The first-order valence-corrected chi connectivity index (χ1v) is 4.44. The number of anilines is 1. The van der Waals surface area contributed by atoms with Crippen LogP contribution in [0.15, 0.2) is 18.2 Å². The Bertz CT molecular complexity index is 288. The molecule has 0 spiro atoms. The maximum atomic E-state index is 13.3. The zero-order chi connectivity index (χ0) is 9.26. The summed E-state index contributed by atoms with van der Waals surface area (Å²) in [4.78, 5) is 0. The molecule has 0 aromatic heterocycles. The van der Waals surface area contributed by atoms with Gasteiger partial charge >= 0.3 is 0 Å². The molecule has 0 bridgehead atoms. The highest BCUT2D eigenvalue weighted by Gasteiger charge is 2.22. The van der Waals surface area contributed by atoms with Crippen LogP contribution in [0.2, 0.25) is 0 Å². The summed E-state index contributed by atoms with van der Waals surface area (Å²) in [5.41, 5.74) is 6.70. The summed E-state index contributed by atoms with van der Waals surface area (Å²) in [5.74, 6) is -0.257. The topological polar surface area (TPSA) is 35.2 Å². The molecular formula is C10H12FNO. The lowest BCUT2D eigenvalue weighted by molar-refractivity contribution is 0.109. The van der Waals surface area contributed by atoms with Crippen LogP contribution in [0.25, 0.3) is 0 Å². The Hall–Kier alpha value is -1.09. The largest absolute Gasteiger partial charge is 0.398 e. The Balaban J connectivity index is 2.37. The van der Waals surface area contributed by atoms with Crippen molar-refractivity contribution in [2.24, 2.45) is 0 Å². The predicted octanol–water partition coefficient (Wildman–Crippen LogP) is 2.26. The van der Waals surface area contributed by atoms with Crippen LogP contribution in [0.3, 0.4) is 0 Å². The van der Waals surface area contributed by atoms with Crippen molar-refractivity contribution in [3.8, 4) is 0 Å². The smallest absolute Gasteiger partial charge is 0.131 e. The Morgan fingerprint density at radius 2 is 2.31 bits per heavy atom. The monoisotopic (exact) mass is 181 g/mol. The number of halogens is 1. The second-order valence-electron chi connectivity index (χ2n) is 3.24. The van der Waals surface area contributed by atoms with Gasteiger partial charge in [-0.15, -0.1) is 0 Å². The van der Waals surface area contributed by atoms with Gasteiger partial charge in [0.1, 0.15) is 5.82 Å². The molecule has 1 saturated heterocycles. The molecule has 1 fully saturated rings. The molecule has 0 radical (unpaired) electrons. The molecule has 0 saturated carbocycles. The minimum absolute atomic E-state index is 0.138. The number of ether oxygens (including phenoxy) is 1. The number of hydrogen-bond acceptors (Lipinski definition) is 2. The number of benzene rings is 1. The van der Waals surface area contributed by atoms with Crippen LogP contribution in [-0.4, -0.2) is 6.61 Å². The maximum Gasteiger partial charge on any atom is 0.131 e. The first kappa shape index (κ1) is 8.51. The van der Waals surface area contributed by atoms with Crippen molar-refractivity contribution in [1.82, 2.24) is 0 Å². The summed E-state index contributed by atoms with van der Waals surface area (Å²) in [6, 6.07) is 4.75. The molecule has 1 aromatic rings. The highest BCUT2D eigenvalue weighted by atomic mass is 19.1. The average molecular weight is 181 g/mol. The molecule has 0 unspecified atom stereocenters. The highest BCUT2D eigenvalue weighted by Crippen LogP contribution is 2.33. The van der Waals surface area contributed by atoms with Crippen molar-refractivity contribution < 1.29 is 9.13 Å².